The first-order valence-electron chi connectivity index (χ1n) is 5.14. The highest BCUT2D eigenvalue weighted by Crippen LogP contribution is 2.40. The van der Waals surface area contributed by atoms with Gasteiger partial charge in [-0.1, -0.05) is 18.2 Å². The van der Waals surface area contributed by atoms with Gasteiger partial charge in [0.15, 0.2) is 5.78 Å². The van der Waals surface area contributed by atoms with Crippen molar-refractivity contribution in [3.8, 4) is 0 Å². The van der Waals surface area contributed by atoms with Crippen LogP contribution in [0.5, 0.6) is 0 Å². The minimum Gasteiger partial charge on any atom is -0.293 e. The molecule has 3 heteroatoms. The molecule has 1 nitrogen and oxygen atoms in total. The van der Waals surface area contributed by atoms with Crippen molar-refractivity contribution in [3.63, 3.8) is 0 Å². The molecule has 0 radical (unpaired) electrons. The van der Waals surface area contributed by atoms with Crippen molar-refractivity contribution in [3.05, 3.63) is 52.2 Å². The summed E-state index contributed by atoms with van der Waals surface area (Å²) in [6.07, 6.45) is 0. The van der Waals surface area contributed by atoms with Crippen LogP contribution >= 0.6 is 23.1 Å². The smallest absolute Gasteiger partial charge is 0.172 e. The van der Waals surface area contributed by atoms with E-state index < -0.39 is 0 Å². The Kier molecular flexibility index (Phi) is 2.58. The van der Waals surface area contributed by atoms with E-state index in [-0.39, 0.29) is 11.7 Å². The molecule has 0 saturated carbocycles. The van der Waals surface area contributed by atoms with E-state index in [1.807, 2.05) is 29.0 Å². The SMILES string of the molecule is O=C(c1ccsc1)C1CSc2ccccc21. The third kappa shape index (κ3) is 1.60. The number of benzene rings is 1. The summed E-state index contributed by atoms with van der Waals surface area (Å²) in [6, 6.07) is 10.1. The zero-order chi connectivity index (χ0) is 11.0. The quantitative estimate of drug-likeness (QED) is 0.749. The number of carbonyl (C=O) groups is 1. The zero-order valence-electron chi connectivity index (χ0n) is 8.55. The molecule has 2 aromatic rings. The summed E-state index contributed by atoms with van der Waals surface area (Å²) in [4.78, 5) is 13.5. The van der Waals surface area contributed by atoms with Crippen molar-refractivity contribution in [1.82, 2.24) is 0 Å². The van der Waals surface area contributed by atoms with Crippen LogP contribution in [-0.4, -0.2) is 11.5 Å². The van der Waals surface area contributed by atoms with Gasteiger partial charge in [0.1, 0.15) is 0 Å². The fourth-order valence-electron chi connectivity index (χ4n) is 1.99. The summed E-state index contributed by atoms with van der Waals surface area (Å²) >= 11 is 3.36. The summed E-state index contributed by atoms with van der Waals surface area (Å²) < 4.78 is 0. The standard InChI is InChI=1S/C13H10OS2/c14-13(9-5-6-15-7-9)11-8-16-12-4-2-1-3-10(11)12/h1-7,11H,8H2. The molecular weight excluding hydrogens is 236 g/mol. The molecule has 1 atom stereocenters. The summed E-state index contributed by atoms with van der Waals surface area (Å²) in [6.45, 7) is 0. The average molecular weight is 246 g/mol. The monoisotopic (exact) mass is 246 g/mol. The van der Waals surface area contributed by atoms with Crippen LogP contribution in [0.25, 0.3) is 0 Å². The molecule has 0 fully saturated rings. The van der Waals surface area contributed by atoms with Gasteiger partial charge in [0, 0.05) is 21.6 Å². The van der Waals surface area contributed by atoms with E-state index in [1.54, 1.807) is 23.1 Å². The molecule has 1 aromatic carbocycles. The molecule has 1 unspecified atom stereocenters. The molecule has 1 aliphatic heterocycles. The Morgan fingerprint density at radius 2 is 2.12 bits per heavy atom. The van der Waals surface area contributed by atoms with Crippen molar-refractivity contribution < 1.29 is 4.79 Å². The number of ketones is 1. The van der Waals surface area contributed by atoms with E-state index in [4.69, 9.17) is 0 Å². The molecule has 0 aliphatic carbocycles. The van der Waals surface area contributed by atoms with Gasteiger partial charge in [0.25, 0.3) is 0 Å². The number of fused-ring (bicyclic) bond motifs is 1. The van der Waals surface area contributed by atoms with E-state index >= 15 is 0 Å². The van der Waals surface area contributed by atoms with Gasteiger partial charge in [-0.25, -0.2) is 0 Å². The highest BCUT2D eigenvalue weighted by molar-refractivity contribution is 7.99. The van der Waals surface area contributed by atoms with E-state index in [9.17, 15) is 4.79 Å². The second kappa shape index (κ2) is 4.07. The lowest BCUT2D eigenvalue weighted by Gasteiger charge is -2.07. The Bertz CT molecular complexity index is 516. The Labute approximate surface area is 103 Å². The first-order chi connectivity index (χ1) is 7.86. The van der Waals surface area contributed by atoms with Crippen molar-refractivity contribution in [2.24, 2.45) is 0 Å². The fourth-order valence-corrected chi connectivity index (χ4v) is 3.86. The first-order valence-corrected chi connectivity index (χ1v) is 7.07. The number of thioether (sulfide) groups is 1. The molecule has 3 rings (SSSR count). The predicted octanol–water partition coefficient (Wildman–Crippen LogP) is 3.82. The predicted molar refractivity (Wildman–Crippen MR) is 68.6 cm³/mol. The number of carbonyl (C=O) groups excluding carboxylic acids is 1. The second-order valence-electron chi connectivity index (χ2n) is 3.78. The van der Waals surface area contributed by atoms with Gasteiger partial charge in [-0.2, -0.15) is 11.3 Å². The molecule has 1 aliphatic rings. The number of Topliss-reactive ketones (excluding diaryl/α,β-unsaturated/α-hetero) is 1. The average Bonchev–Trinajstić information content (AvgIpc) is 2.98. The number of rotatable bonds is 2. The molecule has 0 amide bonds. The molecule has 1 aromatic heterocycles. The van der Waals surface area contributed by atoms with Gasteiger partial charge in [0.2, 0.25) is 0 Å². The van der Waals surface area contributed by atoms with Crippen LogP contribution in [0.2, 0.25) is 0 Å². The maximum Gasteiger partial charge on any atom is 0.172 e. The molecule has 80 valence electrons. The first kappa shape index (κ1) is 10.1. The van der Waals surface area contributed by atoms with Gasteiger partial charge in [0.05, 0.1) is 5.92 Å². The van der Waals surface area contributed by atoms with E-state index in [0.717, 1.165) is 11.3 Å². The molecule has 0 saturated heterocycles. The summed E-state index contributed by atoms with van der Waals surface area (Å²) in [5.41, 5.74) is 2.05. The van der Waals surface area contributed by atoms with E-state index in [2.05, 4.69) is 12.1 Å². The number of thiophene rings is 1. The van der Waals surface area contributed by atoms with Gasteiger partial charge < -0.3 is 0 Å². The Hall–Kier alpha value is -1.06. The van der Waals surface area contributed by atoms with Crippen LogP contribution < -0.4 is 0 Å². The third-order valence-corrected chi connectivity index (χ3v) is 4.69. The lowest BCUT2D eigenvalue weighted by atomic mass is 9.94. The lowest BCUT2D eigenvalue weighted by molar-refractivity contribution is 0.0969. The van der Waals surface area contributed by atoms with E-state index in [0.29, 0.717) is 0 Å². The highest BCUT2D eigenvalue weighted by Gasteiger charge is 2.29. The number of hydrogen-bond acceptors (Lipinski definition) is 3. The molecular formula is C13H10OS2. The van der Waals surface area contributed by atoms with Gasteiger partial charge in [-0.3, -0.25) is 4.79 Å². The topological polar surface area (TPSA) is 17.1 Å². The van der Waals surface area contributed by atoms with Crippen LogP contribution in [0.3, 0.4) is 0 Å². The Balaban J connectivity index is 1.96. The molecule has 2 heterocycles. The maximum absolute atomic E-state index is 12.3. The van der Waals surface area contributed by atoms with Crippen LogP contribution in [-0.2, 0) is 0 Å². The summed E-state index contributed by atoms with van der Waals surface area (Å²) in [5.74, 6) is 1.20. The van der Waals surface area contributed by atoms with Crippen molar-refractivity contribution in [1.29, 1.82) is 0 Å². The summed E-state index contributed by atoms with van der Waals surface area (Å²) in [7, 11) is 0. The Morgan fingerprint density at radius 3 is 2.94 bits per heavy atom. The van der Waals surface area contributed by atoms with Crippen molar-refractivity contribution in [2.45, 2.75) is 10.8 Å². The summed E-state index contributed by atoms with van der Waals surface area (Å²) in [5, 5.41) is 3.90. The molecule has 0 spiro atoms. The van der Waals surface area contributed by atoms with Gasteiger partial charge >= 0.3 is 0 Å². The normalized spacial score (nSPS) is 18.4. The largest absolute Gasteiger partial charge is 0.293 e. The zero-order valence-corrected chi connectivity index (χ0v) is 10.2. The Morgan fingerprint density at radius 1 is 1.25 bits per heavy atom. The van der Waals surface area contributed by atoms with Crippen LogP contribution in [0.1, 0.15) is 21.8 Å². The van der Waals surface area contributed by atoms with E-state index in [1.165, 1.54) is 10.5 Å². The number of hydrogen-bond donors (Lipinski definition) is 0. The fraction of sp³-hybridized carbons (Fsp3) is 0.154. The minimum absolute atomic E-state index is 0.0517. The molecule has 16 heavy (non-hydrogen) atoms. The second-order valence-corrected chi connectivity index (χ2v) is 5.62. The lowest BCUT2D eigenvalue weighted by Crippen LogP contribution is -2.11. The van der Waals surface area contributed by atoms with Crippen LogP contribution in [0.15, 0.2) is 46.0 Å². The van der Waals surface area contributed by atoms with Crippen LogP contribution in [0.4, 0.5) is 0 Å². The van der Waals surface area contributed by atoms with Crippen molar-refractivity contribution in [2.75, 3.05) is 5.75 Å². The van der Waals surface area contributed by atoms with Gasteiger partial charge in [-0.15, -0.1) is 11.8 Å². The molecule has 0 bridgehead atoms. The maximum atomic E-state index is 12.3. The highest BCUT2D eigenvalue weighted by atomic mass is 32.2. The third-order valence-electron chi connectivity index (χ3n) is 2.82. The van der Waals surface area contributed by atoms with Crippen LogP contribution in [0, 0.1) is 0 Å². The minimum atomic E-state index is 0.0517. The molecule has 0 N–H and O–H groups in total. The van der Waals surface area contributed by atoms with Crippen molar-refractivity contribution >= 4 is 28.9 Å². The van der Waals surface area contributed by atoms with Gasteiger partial charge in [-0.05, 0) is 23.1 Å².